The van der Waals surface area contributed by atoms with Crippen molar-refractivity contribution in [2.75, 3.05) is 0 Å². The maximum atomic E-state index is 14.3. The molecule has 0 aliphatic carbocycles. The van der Waals surface area contributed by atoms with Gasteiger partial charge in [0, 0.05) is 0 Å². The van der Waals surface area contributed by atoms with Gasteiger partial charge in [0.15, 0.2) is 0 Å². The fourth-order valence-corrected chi connectivity index (χ4v) is 2.46. The Morgan fingerprint density at radius 3 is 1.84 bits per heavy atom. The molecule has 0 aromatic heterocycles. The predicted octanol–water partition coefficient (Wildman–Crippen LogP) is 6.49. The molecule has 0 aliphatic heterocycles. The zero-order valence-corrected chi connectivity index (χ0v) is 13.9. The summed E-state index contributed by atoms with van der Waals surface area (Å²) in [4.78, 5) is 0. The first kappa shape index (κ1) is 19.4. The summed E-state index contributed by atoms with van der Waals surface area (Å²) in [5.41, 5.74) is 0.0842. The van der Waals surface area contributed by atoms with Crippen molar-refractivity contribution < 1.29 is 26.7 Å². The van der Waals surface area contributed by atoms with Crippen LogP contribution in [0.2, 0.25) is 0 Å². The smallest absolute Gasteiger partial charge is 0.309 e. The second-order valence-electron chi connectivity index (χ2n) is 5.84. The molecular formula is C19H19F5O. The quantitative estimate of drug-likeness (QED) is 0.537. The predicted molar refractivity (Wildman–Crippen MR) is 85.3 cm³/mol. The summed E-state index contributed by atoms with van der Waals surface area (Å²) in [6, 6.07) is 9.87. The summed E-state index contributed by atoms with van der Waals surface area (Å²) in [6.45, 7) is 3.37. The largest absolute Gasteiger partial charge is 0.416 e. The lowest BCUT2D eigenvalue weighted by atomic mass is 10.1. The molecule has 0 saturated heterocycles. The van der Waals surface area contributed by atoms with Crippen molar-refractivity contribution in [1.82, 2.24) is 0 Å². The van der Waals surface area contributed by atoms with Crippen molar-refractivity contribution in [2.24, 2.45) is 0 Å². The van der Waals surface area contributed by atoms with Crippen molar-refractivity contribution >= 4 is 0 Å². The number of alkyl halides is 5. The van der Waals surface area contributed by atoms with Crippen LogP contribution in [0.4, 0.5) is 22.0 Å². The molecule has 0 amide bonds. The highest BCUT2D eigenvalue weighted by Gasteiger charge is 2.35. The molecule has 0 bridgehead atoms. The SMILES string of the molecule is CCCc1ccc(C(F)(F)OC(C)c2ccc(C(F)(F)F)cc2)cc1. The van der Waals surface area contributed by atoms with Gasteiger partial charge < -0.3 is 4.74 Å². The summed E-state index contributed by atoms with van der Waals surface area (Å²) in [7, 11) is 0. The number of aryl methyl sites for hydroxylation is 1. The standard InChI is InChI=1S/C19H19F5O/c1-3-4-14-5-9-17(10-6-14)19(23,24)25-13(2)15-7-11-16(12-8-15)18(20,21)22/h5-13H,3-4H2,1-2H3. The van der Waals surface area contributed by atoms with E-state index in [-0.39, 0.29) is 11.1 Å². The Bertz CT molecular complexity index is 674. The van der Waals surface area contributed by atoms with Crippen LogP contribution in [0.3, 0.4) is 0 Å². The van der Waals surface area contributed by atoms with E-state index in [1.807, 2.05) is 6.92 Å². The Hall–Kier alpha value is -1.95. The van der Waals surface area contributed by atoms with Crippen molar-refractivity contribution in [1.29, 1.82) is 0 Å². The van der Waals surface area contributed by atoms with Crippen LogP contribution < -0.4 is 0 Å². The van der Waals surface area contributed by atoms with Gasteiger partial charge >= 0.3 is 12.3 Å². The minimum absolute atomic E-state index is 0.246. The lowest BCUT2D eigenvalue weighted by Crippen LogP contribution is -2.20. The van der Waals surface area contributed by atoms with Crippen molar-refractivity contribution in [3.63, 3.8) is 0 Å². The van der Waals surface area contributed by atoms with Gasteiger partial charge in [-0.25, -0.2) is 0 Å². The van der Waals surface area contributed by atoms with E-state index in [1.165, 1.54) is 19.1 Å². The van der Waals surface area contributed by atoms with Crippen LogP contribution >= 0.6 is 0 Å². The molecule has 2 aromatic carbocycles. The monoisotopic (exact) mass is 358 g/mol. The molecular weight excluding hydrogens is 339 g/mol. The Labute approximate surface area is 143 Å². The first-order valence-corrected chi connectivity index (χ1v) is 7.95. The van der Waals surface area contributed by atoms with Crippen LogP contribution in [0.1, 0.15) is 48.6 Å². The van der Waals surface area contributed by atoms with Gasteiger partial charge in [0.2, 0.25) is 0 Å². The molecule has 0 fully saturated rings. The molecule has 0 spiro atoms. The van der Waals surface area contributed by atoms with Gasteiger partial charge in [-0.3, -0.25) is 0 Å². The van der Waals surface area contributed by atoms with Gasteiger partial charge in [0.1, 0.15) is 0 Å². The number of ether oxygens (including phenoxy) is 1. The van der Waals surface area contributed by atoms with E-state index >= 15 is 0 Å². The molecule has 0 saturated carbocycles. The molecule has 0 radical (unpaired) electrons. The van der Waals surface area contributed by atoms with Crippen molar-refractivity contribution in [3.05, 3.63) is 70.8 Å². The lowest BCUT2D eigenvalue weighted by Gasteiger charge is -2.23. The maximum absolute atomic E-state index is 14.3. The zero-order chi connectivity index (χ0) is 18.7. The summed E-state index contributed by atoms with van der Waals surface area (Å²) < 4.78 is 71.0. The van der Waals surface area contributed by atoms with Crippen LogP contribution in [-0.2, 0) is 23.4 Å². The molecule has 2 aromatic rings. The topological polar surface area (TPSA) is 9.23 Å². The number of rotatable bonds is 6. The Morgan fingerprint density at radius 1 is 0.840 bits per heavy atom. The second-order valence-corrected chi connectivity index (χ2v) is 5.84. The normalized spacial score (nSPS) is 13.7. The third-order valence-corrected chi connectivity index (χ3v) is 3.86. The van der Waals surface area contributed by atoms with Crippen molar-refractivity contribution in [3.8, 4) is 0 Å². The average molecular weight is 358 g/mol. The van der Waals surface area contributed by atoms with E-state index in [0.717, 1.165) is 42.7 Å². The molecule has 136 valence electrons. The summed E-state index contributed by atoms with van der Waals surface area (Å²) in [6.07, 6.45) is -7.35. The highest BCUT2D eigenvalue weighted by atomic mass is 19.4. The fraction of sp³-hybridized carbons (Fsp3) is 0.368. The van der Waals surface area contributed by atoms with Crippen LogP contribution in [0.5, 0.6) is 0 Å². The first-order chi connectivity index (χ1) is 11.6. The van der Waals surface area contributed by atoms with Gasteiger partial charge in [0.05, 0.1) is 17.2 Å². The van der Waals surface area contributed by atoms with E-state index in [0.29, 0.717) is 0 Å². The van der Waals surface area contributed by atoms with E-state index < -0.39 is 24.0 Å². The molecule has 1 atom stereocenters. The molecule has 0 N–H and O–H groups in total. The molecule has 0 heterocycles. The zero-order valence-electron chi connectivity index (χ0n) is 13.9. The molecule has 6 heteroatoms. The molecule has 1 unspecified atom stereocenters. The highest BCUT2D eigenvalue weighted by molar-refractivity contribution is 5.27. The van der Waals surface area contributed by atoms with Gasteiger partial charge in [-0.2, -0.15) is 22.0 Å². The van der Waals surface area contributed by atoms with E-state index in [4.69, 9.17) is 4.74 Å². The molecule has 25 heavy (non-hydrogen) atoms. The molecule has 2 rings (SSSR count). The summed E-state index contributed by atoms with van der Waals surface area (Å²) in [5, 5.41) is 0. The third-order valence-electron chi connectivity index (χ3n) is 3.86. The Morgan fingerprint density at radius 2 is 1.36 bits per heavy atom. The average Bonchev–Trinajstić information content (AvgIpc) is 2.54. The minimum atomic E-state index is -4.47. The molecule has 1 nitrogen and oxygen atoms in total. The van der Waals surface area contributed by atoms with Crippen LogP contribution in [0.15, 0.2) is 48.5 Å². The Balaban J connectivity index is 2.10. The van der Waals surface area contributed by atoms with E-state index in [1.54, 1.807) is 12.1 Å². The summed E-state index contributed by atoms with van der Waals surface area (Å²) >= 11 is 0. The van der Waals surface area contributed by atoms with E-state index in [2.05, 4.69) is 0 Å². The number of hydrogen-bond acceptors (Lipinski definition) is 1. The lowest BCUT2D eigenvalue weighted by molar-refractivity contribution is -0.272. The number of halogens is 5. The van der Waals surface area contributed by atoms with Gasteiger partial charge in [-0.15, -0.1) is 0 Å². The van der Waals surface area contributed by atoms with Gasteiger partial charge in [-0.1, -0.05) is 49.7 Å². The van der Waals surface area contributed by atoms with Crippen LogP contribution in [-0.4, -0.2) is 0 Å². The number of hydrogen-bond donors (Lipinski definition) is 0. The third kappa shape index (κ3) is 5.01. The number of benzene rings is 2. The fourth-order valence-electron chi connectivity index (χ4n) is 2.46. The van der Waals surface area contributed by atoms with Crippen LogP contribution in [0.25, 0.3) is 0 Å². The van der Waals surface area contributed by atoms with Crippen LogP contribution in [0, 0.1) is 0 Å². The Kier molecular flexibility index (Phi) is 5.83. The minimum Gasteiger partial charge on any atom is -0.309 e. The summed E-state index contributed by atoms with van der Waals surface area (Å²) in [5.74, 6) is 0. The van der Waals surface area contributed by atoms with Crippen molar-refractivity contribution in [2.45, 2.75) is 45.1 Å². The first-order valence-electron chi connectivity index (χ1n) is 7.95. The van der Waals surface area contributed by atoms with Gasteiger partial charge in [-0.05, 0) is 36.6 Å². The highest BCUT2D eigenvalue weighted by Crippen LogP contribution is 2.36. The second kappa shape index (κ2) is 7.52. The van der Waals surface area contributed by atoms with Gasteiger partial charge in [0.25, 0.3) is 0 Å². The molecule has 0 aliphatic rings. The maximum Gasteiger partial charge on any atom is 0.416 e. The van der Waals surface area contributed by atoms with E-state index in [9.17, 15) is 22.0 Å².